The first-order chi connectivity index (χ1) is 8.47. The van der Waals surface area contributed by atoms with Crippen LogP contribution in [0.2, 0.25) is 0 Å². The van der Waals surface area contributed by atoms with Crippen molar-refractivity contribution >= 4 is 0 Å². The average molecular weight is 292 g/mol. The molecule has 2 unspecified atom stereocenters. The lowest BCUT2D eigenvalue weighted by molar-refractivity contribution is -0.289. The maximum atomic E-state index is 11.9. The lowest BCUT2D eigenvalue weighted by atomic mass is 10.0. The van der Waals surface area contributed by atoms with Crippen LogP contribution < -0.4 is 0 Å². The largest absolute Gasteiger partial charge is 0.453 e. The second-order valence-corrected chi connectivity index (χ2v) is 5.04. The molecule has 2 nitrogen and oxygen atoms in total. The van der Waals surface area contributed by atoms with Crippen molar-refractivity contribution in [3.63, 3.8) is 0 Å². The quantitative estimate of drug-likeness (QED) is 0.781. The number of halogens is 5. The molecular weight excluding hydrogens is 271 g/mol. The third-order valence-corrected chi connectivity index (χ3v) is 3.05. The fourth-order valence-corrected chi connectivity index (χ4v) is 1.93. The predicted octanol–water partition coefficient (Wildman–Crippen LogP) is 3.51. The first-order valence-electron chi connectivity index (χ1n) is 6.28. The predicted molar refractivity (Wildman–Crippen MR) is 60.9 cm³/mol. The lowest BCUT2D eigenvalue weighted by Gasteiger charge is -2.20. The molecule has 0 aromatic carbocycles. The van der Waals surface area contributed by atoms with Crippen LogP contribution in [0.1, 0.15) is 46.0 Å². The number of alkyl halides is 5. The number of aliphatic hydroxyl groups is 2. The zero-order valence-corrected chi connectivity index (χ0v) is 11.1. The molecule has 1 aliphatic carbocycles. The van der Waals surface area contributed by atoms with E-state index >= 15 is 0 Å². The van der Waals surface area contributed by atoms with Crippen molar-refractivity contribution in [2.75, 3.05) is 0 Å². The van der Waals surface area contributed by atoms with Crippen molar-refractivity contribution in [2.45, 2.75) is 70.3 Å². The summed E-state index contributed by atoms with van der Waals surface area (Å²) in [5, 5.41) is 17.3. The normalized spacial score (nSPS) is 20.7. The van der Waals surface area contributed by atoms with Gasteiger partial charge in [0.1, 0.15) is 0 Å². The molecular formula is C12H21F5O2. The van der Waals surface area contributed by atoms with Crippen LogP contribution in [-0.4, -0.2) is 34.5 Å². The fraction of sp³-hybridized carbons (Fsp3) is 1.00. The van der Waals surface area contributed by atoms with Gasteiger partial charge < -0.3 is 10.2 Å². The van der Waals surface area contributed by atoms with Crippen molar-refractivity contribution in [1.82, 2.24) is 0 Å². The van der Waals surface area contributed by atoms with E-state index in [-0.39, 0.29) is 6.10 Å². The van der Waals surface area contributed by atoms with Crippen molar-refractivity contribution in [3.05, 3.63) is 0 Å². The molecule has 7 heteroatoms. The van der Waals surface area contributed by atoms with Gasteiger partial charge in [-0.05, 0) is 32.6 Å². The summed E-state index contributed by atoms with van der Waals surface area (Å²) in [5.74, 6) is -4.17. The maximum absolute atomic E-state index is 11.9. The molecule has 0 amide bonds. The molecule has 0 spiro atoms. The molecule has 1 rings (SSSR count). The Kier molecular flexibility index (Phi) is 7.21. The molecule has 19 heavy (non-hydrogen) atoms. The minimum atomic E-state index is -5.57. The van der Waals surface area contributed by atoms with Crippen LogP contribution in [0.4, 0.5) is 22.0 Å². The first kappa shape index (κ1) is 18.6. The molecule has 0 saturated heterocycles. The molecule has 0 aromatic heterocycles. The van der Waals surface area contributed by atoms with E-state index in [1.54, 1.807) is 0 Å². The molecule has 0 radical (unpaired) electrons. The van der Waals surface area contributed by atoms with Gasteiger partial charge in [-0.25, -0.2) is 0 Å². The average Bonchev–Trinajstić information content (AvgIpc) is 2.66. The summed E-state index contributed by atoms with van der Waals surface area (Å²) in [6.45, 7) is 2.77. The van der Waals surface area contributed by atoms with Gasteiger partial charge in [0, 0.05) is 6.42 Å². The van der Waals surface area contributed by atoms with Gasteiger partial charge in [0.15, 0.2) is 0 Å². The Morgan fingerprint density at radius 2 is 1.42 bits per heavy atom. The van der Waals surface area contributed by atoms with Crippen LogP contribution >= 0.6 is 0 Å². The number of rotatable bonds is 3. The Morgan fingerprint density at radius 1 is 1.00 bits per heavy atom. The summed E-state index contributed by atoms with van der Waals surface area (Å²) in [4.78, 5) is 0. The highest BCUT2D eigenvalue weighted by atomic mass is 19.4. The third-order valence-electron chi connectivity index (χ3n) is 3.05. The standard InChI is InChI=1S/C7H14O.C5H7F5O/c1-6(8)7-4-2-3-5-7;1-3(11)2-4(6,7)5(8,9)10/h6-8H,2-5H2,1H3;3,11H,2H2,1H3. The second-order valence-electron chi connectivity index (χ2n) is 5.04. The number of aliphatic hydroxyl groups excluding tert-OH is 2. The fourth-order valence-electron chi connectivity index (χ4n) is 1.93. The van der Waals surface area contributed by atoms with E-state index in [0.29, 0.717) is 5.92 Å². The SMILES string of the molecule is CC(O)C1CCCC1.CC(O)CC(F)(F)C(F)(F)F. The summed E-state index contributed by atoms with van der Waals surface area (Å²) in [5.41, 5.74) is 0. The summed E-state index contributed by atoms with van der Waals surface area (Å²) in [6.07, 6.45) is -3.72. The van der Waals surface area contributed by atoms with Gasteiger partial charge in [-0.1, -0.05) is 12.8 Å². The number of hydrogen-bond donors (Lipinski definition) is 2. The summed E-state index contributed by atoms with van der Waals surface area (Å²) < 4.78 is 57.8. The molecule has 2 atom stereocenters. The minimum Gasteiger partial charge on any atom is -0.393 e. The van der Waals surface area contributed by atoms with Gasteiger partial charge in [0.2, 0.25) is 0 Å². The minimum absolute atomic E-state index is 0.0579. The van der Waals surface area contributed by atoms with Gasteiger partial charge in [-0.15, -0.1) is 0 Å². The Hall–Kier alpha value is -0.430. The summed E-state index contributed by atoms with van der Waals surface area (Å²) in [7, 11) is 0. The highest BCUT2D eigenvalue weighted by Crippen LogP contribution is 2.38. The van der Waals surface area contributed by atoms with Crippen LogP contribution in [0.25, 0.3) is 0 Å². The number of hydrogen-bond acceptors (Lipinski definition) is 2. The van der Waals surface area contributed by atoms with Gasteiger partial charge in [-0.2, -0.15) is 22.0 Å². The molecule has 2 N–H and O–H groups in total. The van der Waals surface area contributed by atoms with E-state index in [0.717, 1.165) is 6.92 Å². The van der Waals surface area contributed by atoms with E-state index < -0.39 is 24.6 Å². The highest BCUT2D eigenvalue weighted by molar-refractivity contribution is 4.77. The zero-order valence-electron chi connectivity index (χ0n) is 11.1. The Morgan fingerprint density at radius 3 is 1.58 bits per heavy atom. The Balaban J connectivity index is 0.000000356. The van der Waals surface area contributed by atoms with Crippen LogP contribution in [0.3, 0.4) is 0 Å². The van der Waals surface area contributed by atoms with Crippen LogP contribution in [0.15, 0.2) is 0 Å². The smallest absolute Gasteiger partial charge is 0.393 e. The monoisotopic (exact) mass is 292 g/mol. The van der Waals surface area contributed by atoms with Gasteiger partial charge in [-0.3, -0.25) is 0 Å². The molecule has 0 aromatic rings. The zero-order chi connectivity index (χ0) is 15.3. The van der Waals surface area contributed by atoms with Crippen LogP contribution in [0, 0.1) is 5.92 Å². The summed E-state index contributed by atoms with van der Waals surface area (Å²) in [6, 6.07) is 0. The lowest BCUT2D eigenvalue weighted by Crippen LogP contribution is -2.38. The van der Waals surface area contributed by atoms with Crippen molar-refractivity contribution in [2.24, 2.45) is 5.92 Å². The topological polar surface area (TPSA) is 40.5 Å². The molecule has 0 heterocycles. The Labute approximate surface area is 109 Å². The molecule has 1 saturated carbocycles. The molecule has 1 fully saturated rings. The summed E-state index contributed by atoms with van der Waals surface area (Å²) >= 11 is 0. The van der Waals surface area contributed by atoms with E-state index in [4.69, 9.17) is 10.2 Å². The molecule has 1 aliphatic rings. The van der Waals surface area contributed by atoms with Crippen molar-refractivity contribution in [3.8, 4) is 0 Å². The van der Waals surface area contributed by atoms with E-state index in [1.165, 1.54) is 25.7 Å². The van der Waals surface area contributed by atoms with Crippen molar-refractivity contribution < 1.29 is 32.2 Å². The van der Waals surface area contributed by atoms with Crippen LogP contribution in [-0.2, 0) is 0 Å². The molecule has 0 bridgehead atoms. The van der Waals surface area contributed by atoms with Crippen molar-refractivity contribution in [1.29, 1.82) is 0 Å². The third kappa shape index (κ3) is 7.06. The second kappa shape index (κ2) is 7.38. The molecule has 0 aliphatic heterocycles. The van der Waals surface area contributed by atoms with E-state index in [2.05, 4.69) is 0 Å². The van der Waals surface area contributed by atoms with E-state index in [9.17, 15) is 22.0 Å². The van der Waals surface area contributed by atoms with Gasteiger partial charge >= 0.3 is 12.1 Å². The Bertz CT molecular complexity index is 245. The van der Waals surface area contributed by atoms with Crippen LogP contribution in [0.5, 0.6) is 0 Å². The van der Waals surface area contributed by atoms with Gasteiger partial charge in [0.25, 0.3) is 0 Å². The molecule has 116 valence electrons. The highest BCUT2D eigenvalue weighted by Gasteiger charge is 2.57. The van der Waals surface area contributed by atoms with E-state index in [1.807, 2.05) is 6.92 Å². The first-order valence-corrected chi connectivity index (χ1v) is 6.28. The van der Waals surface area contributed by atoms with Gasteiger partial charge in [0.05, 0.1) is 12.2 Å². The maximum Gasteiger partial charge on any atom is 0.453 e.